The molecule has 0 aliphatic heterocycles. The minimum Gasteiger partial charge on any atom is -0.489 e. The first-order valence-electron chi connectivity index (χ1n) is 9.60. The summed E-state index contributed by atoms with van der Waals surface area (Å²) >= 11 is 0. The Hall–Kier alpha value is -2.81. The van der Waals surface area contributed by atoms with Gasteiger partial charge >= 0.3 is 0 Å². The molecular weight excluding hydrogens is 489 g/mol. The zero-order valence-electron chi connectivity index (χ0n) is 17.1. The van der Waals surface area contributed by atoms with Crippen molar-refractivity contribution in [2.24, 2.45) is 4.99 Å². The molecule has 0 saturated carbocycles. The molecule has 6 nitrogen and oxygen atoms in total. The Morgan fingerprint density at radius 1 is 1.10 bits per heavy atom. The number of nitrogens with one attached hydrogen (secondary N) is 2. The van der Waals surface area contributed by atoms with Crippen molar-refractivity contribution in [2.75, 3.05) is 13.7 Å². The largest absolute Gasteiger partial charge is 0.489 e. The van der Waals surface area contributed by atoms with Crippen LogP contribution in [0.1, 0.15) is 17.0 Å². The zero-order valence-corrected chi connectivity index (χ0v) is 19.5. The molecule has 0 bridgehead atoms. The predicted molar refractivity (Wildman–Crippen MR) is 132 cm³/mol. The van der Waals surface area contributed by atoms with Crippen molar-refractivity contribution in [3.05, 3.63) is 96.6 Å². The lowest BCUT2D eigenvalue weighted by molar-refractivity contribution is 0.358. The number of hydrogen-bond acceptors (Lipinski definition) is 3. The normalized spacial score (nSPS) is 10.8. The molecule has 158 valence electrons. The Labute approximate surface area is 195 Å². The van der Waals surface area contributed by atoms with Gasteiger partial charge in [-0.05, 0) is 11.6 Å². The van der Waals surface area contributed by atoms with Crippen LogP contribution in [0, 0.1) is 0 Å². The molecule has 0 radical (unpaired) electrons. The predicted octanol–water partition coefficient (Wildman–Crippen LogP) is 3.98. The van der Waals surface area contributed by atoms with Gasteiger partial charge in [0, 0.05) is 38.1 Å². The number of para-hydroxylation sites is 1. The van der Waals surface area contributed by atoms with Crippen LogP contribution in [0.5, 0.6) is 5.75 Å². The van der Waals surface area contributed by atoms with E-state index in [2.05, 4.69) is 43.9 Å². The highest BCUT2D eigenvalue weighted by atomic mass is 127. The number of guanidine groups is 1. The summed E-state index contributed by atoms with van der Waals surface area (Å²) in [5.74, 6) is 2.50. The van der Waals surface area contributed by atoms with E-state index in [0.29, 0.717) is 25.7 Å². The van der Waals surface area contributed by atoms with Crippen molar-refractivity contribution in [1.29, 1.82) is 0 Å². The SMILES string of the molecule is C=CCOc1ccccc1CNC(=NC)NCc1nccn1Cc1ccccc1.I. The van der Waals surface area contributed by atoms with Crippen molar-refractivity contribution >= 4 is 29.9 Å². The molecule has 0 fully saturated rings. The van der Waals surface area contributed by atoms with Gasteiger partial charge in [-0.25, -0.2) is 4.98 Å². The third-order valence-electron chi connectivity index (χ3n) is 4.41. The molecule has 0 unspecified atom stereocenters. The Morgan fingerprint density at radius 3 is 2.60 bits per heavy atom. The highest BCUT2D eigenvalue weighted by Gasteiger charge is 2.07. The fourth-order valence-corrected chi connectivity index (χ4v) is 2.93. The number of aliphatic imine (C=N–C) groups is 1. The summed E-state index contributed by atoms with van der Waals surface area (Å²) in [6.07, 6.45) is 5.55. The lowest BCUT2D eigenvalue weighted by Crippen LogP contribution is -2.37. The lowest BCUT2D eigenvalue weighted by atomic mass is 10.2. The molecule has 1 heterocycles. The number of benzene rings is 2. The van der Waals surface area contributed by atoms with Crippen LogP contribution >= 0.6 is 24.0 Å². The van der Waals surface area contributed by atoms with Gasteiger partial charge in [-0.2, -0.15) is 0 Å². The van der Waals surface area contributed by atoms with Gasteiger partial charge in [0.05, 0.1) is 6.54 Å². The summed E-state index contributed by atoms with van der Waals surface area (Å²) in [5, 5.41) is 6.66. The number of aromatic nitrogens is 2. The molecule has 0 saturated heterocycles. The van der Waals surface area contributed by atoms with E-state index in [-0.39, 0.29) is 24.0 Å². The molecule has 2 N–H and O–H groups in total. The van der Waals surface area contributed by atoms with E-state index in [4.69, 9.17) is 4.74 Å². The number of ether oxygens (including phenoxy) is 1. The molecule has 0 aliphatic carbocycles. The van der Waals surface area contributed by atoms with Gasteiger partial charge in [0.2, 0.25) is 0 Å². The van der Waals surface area contributed by atoms with Crippen LogP contribution in [0.25, 0.3) is 0 Å². The Balaban J connectivity index is 0.00000320. The van der Waals surface area contributed by atoms with Crippen LogP contribution in [0.4, 0.5) is 0 Å². The number of hydrogen-bond donors (Lipinski definition) is 2. The minimum absolute atomic E-state index is 0. The van der Waals surface area contributed by atoms with Crippen molar-refractivity contribution in [3.8, 4) is 5.75 Å². The first kappa shape index (κ1) is 23.5. The second-order valence-electron chi connectivity index (χ2n) is 6.44. The maximum atomic E-state index is 5.71. The fraction of sp³-hybridized carbons (Fsp3) is 0.217. The van der Waals surface area contributed by atoms with Gasteiger partial charge in [-0.15, -0.1) is 24.0 Å². The average molecular weight is 517 g/mol. The maximum absolute atomic E-state index is 5.71. The van der Waals surface area contributed by atoms with Crippen LogP contribution in [0.2, 0.25) is 0 Å². The first-order chi connectivity index (χ1) is 14.3. The number of halogens is 1. The molecule has 30 heavy (non-hydrogen) atoms. The lowest BCUT2D eigenvalue weighted by Gasteiger charge is -2.15. The van der Waals surface area contributed by atoms with Crippen LogP contribution in [0.3, 0.4) is 0 Å². The summed E-state index contributed by atoms with van der Waals surface area (Å²) in [6, 6.07) is 18.3. The van der Waals surface area contributed by atoms with E-state index in [1.807, 2.05) is 54.9 Å². The van der Waals surface area contributed by atoms with E-state index >= 15 is 0 Å². The van der Waals surface area contributed by atoms with Crippen molar-refractivity contribution in [3.63, 3.8) is 0 Å². The smallest absolute Gasteiger partial charge is 0.191 e. The summed E-state index contributed by atoms with van der Waals surface area (Å²) in [4.78, 5) is 8.78. The summed E-state index contributed by atoms with van der Waals surface area (Å²) in [5.41, 5.74) is 2.30. The number of nitrogens with zero attached hydrogens (tertiary/aromatic N) is 3. The van der Waals surface area contributed by atoms with Crippen LogP contribution in [-0.4, -0.2) is 29.2 Å². The van der Waals surface area contributed by atoms with Gasteiger partial charge in [-0.1, -0.05) is 61.2 Å². The monoisotopic (exact) mass is 517 g/mol. The average Bonchev–Trinajstić information content (AvgIpc) is 3.20. The Bertz CT molecular complexity index is 940. The molecule has 0 aliphatic rings. The molecule has 0 spiro atoms. The zero-order chi connectivity index (χ0) is 20.3. The van der Waals surface area contributed by atoms with Crippen LogP contribution < -0.4 is 15.4 Å². The van der Waals surface area contributed by atoms with E-state index in [9.17, 15) is 0 Å². The number of imidazole rings is 1. The van der Waals surface area contributed by atoms with Gasteiger partial charge < -0.3 is 19.9 Å². The molecule has 0 amide bonds. The van der Waals surface area contributed by atoms with E-state index in [0.717, 1.165) is 23.7 Å². The molecule has 7 heteroatoms. The van der Waals surface area contributed by atoms with Crippen LogP contribution in [-0.2, 0) is 19.6 Å². The standard InChI is InChI=1S/C23H27N5O.HI/c1-3-15-29-21-12-8-7-11-20(21)16-26-23(24-2)27-17-22-25-13-14-28(22)18-19-9-5-4-6-10-19;/h3-14H,1,15-18H2,2H3,(H2,24,26,27);1H. The summed E-state index contributed by atoms with van der Waals surface area (Å²) in [7, 11) is 1.76. The quantitative estimate of drug-likeness (QED) is 0.195. The molecule has 0 atom stereocenters. The van der Waals surface area contributed by atoms with Crippen LogP contribution in [0.15, 0.2) is 84.6 Å². The molecule has 3 aromatic rings. The van der Waals surface area contributed by atoms with E-state index in [1.54, 1.807) is 13.1 Å². The highest BCUT2D eigenvalue weighted by molar-refractivity contribution is 14.0. The fourth-order valence-electron chi connectivity index (χ4n) is 2.93. The van der Waals surface area contributed by atoms with Crippen molar-refractivity contribution < 1.29 is 4.74 Å². The second kappa shape index (κ2) is 12.7. The highest BCUT2D eigenvalue weighted by Crippen LogP contribution is 2.17. The molecule has 1 aromatic heterocycles. The first-order valence-corrected chi connectivity index (χ1v) is 9.60. The van der Waals surface area contributed by atoms with Gasteiger partial charge in [0.25, 0.3) is 0 Å². The third kappa shape index (κ3) is 6.91. The second-order valence-corrected chi connectivity index (χ2v) is 6.44. The molecule has 2 aromatic carbocycles. The molecule has 3 rings (SSSR count). The summed E-state index contributed by atoms with van der Waals surface area (Å²) < 4.78 is 7.84. The molecular formula is C23H28IN5O. The van der Waals surface area contributed by atoms with E-state index < -0.39 is 0 Å². The van der Waals surface area contributed by atoms with Gasteiger partial charge in [0.1, 0.15) is 18.2 Å². The van der Waals surface area contributed by atoms with E-state index in [1.165, 1.54) is 5.56 Å². The van der Waals surface area contributed by atoms with Crippen molar-refractivity contribution in [1.82, 2.24) is 20.2 Å². The maximum Gasteiger partial charge on any atom is 0.191 e. The minimum atomic E-state index is 0. The van der Waals surface area contributed by atoms with Crippen molar-refractivity contribution in [2.45, 2.75) is 19.6 Å². The van der Waals surface area contributed by atoms with Gasteiger partial charge in [-0.3, -0.25) is 4.99 Å². The van der Waals surface area contributed by atoms with Gasteiger partial charge in [0.15, 0.2) is 5.96 Å². The Morgan fingerprint density at radius 2 is 1.83 bits per heavy atom. The third-order valence-corrected chi connectivity index (χ3v) is 4.41. The number of rotatable bonds is 9. The topological polar surface area (TPSA) is 63.5 Å². The summed E-state index contributed by atoms with van der Waals surface area (Å²) in [6.45, 7) is 6.15. The Kier molecular flexibility index (Phi) is 9.93.